The predicted molar refractivity (Wildman–Crippen MR) is 62.6 cm³/mol. The van der Waals surface area contributed by atoms with E-state index in [1.807, 2.05) is 6.92 Å². The van der Waals surface area contributed by atoms with Crippen molar-refractivity contribution >= 4 is 11.9 Å². The highest BCUT2D eigenvalue weighted by molar-refractivity contribution is 5.87. The summed E-state index contributed by atoms with van der Waals surface area (Å²) in [6.07, 6.45) is 3.66. The number of carboxylic acids is 1. The van der Waals surface area contributed by atoms with Gasteiger partial charge in [-0.2, -0.15) is 0 Å². The summed E-state index contributed by atoms with van der Waals surface area (Å²) in [7, 11) is 0. The van der Waals surface area contributed by atoms with E-state index >= 15 is 0 Å². The lowest BCUT2D eigenvalue weighted by Gasteiger charge is -2.32. The van der Waals surface area contributed by atoms with Crippen LogP contribution < -0.4 is 5.32 Å². The number of rotatable bonds is 3. The Bertz CT molecular complexity index is 324. The molecule has 2 N–H and O–H groups in total. The summed E-state index contributed by atoms with van der Waals surface area (Å²) < 4.78 is 0. The smallest absolute Gasteiger partial charge is 0.305 e. The summed E-state index contributed by atoms with van der Waals surface area (Å²) in [5.74, 6) is -0.738. The first kappa shape index (κ1) is 12.4. The topological polar surface area (TPSA) is 69.6 Å². The lowest BCUT2D eigenvalue weighted by atomic mass is 9.97. The SMILES string of the molecule is CC1(C(=O)N2CCCC2CC(=O)O)CCCN1. The summed E-state index contributed by atoms with van der Waals surface area (Å²) in [5.41, 5.74) is -0.471. The highest BCUT2D eigenvalue weighted by Gasteiger charge is 2.42. The second kappa shape index (κ2) is 4.64. The minimum Gasteiger partial charge on any atom is -0.481 e. The van der Waals surface area contributed by atoms with E-state index in [1.54, 1.807) is 4.90 Å². The van der Waals surface area contributed by atoms with Gasteiger partial charge in [0, 0.05) is 12.6 Å². The number of carbonyl (C=O) groups excluding carboxylic acids is 1. The molecule has 1 amide bonds. The Morgan fingerprint density at radius 1 is 1.47 bits per heavy atom. The Labute approximate surface area is 101 Å². The van der Waals surface area contributed by atoms with Gasteiger partial charge in [-0.05, 0) is 39.2 Å². The van der Waals surface area contributed by atoms with Gasteiger partial charge in [-0.25, -0.2) is 0 Å². The van der Waals surface area contributed by atoms with Crippen molar-refractivity contribution in [1.29, 1.82) is 0 Å². The van der Waals surface area contributed by atoms with Gasteiger partial charge in [0.2, 0.25) is 5.91 Å². The molecule has 0 spiro atoms. The Morgan fingerprint density at radius 2 is 2.24 bits per heavy atom. The van der Waals surface area contributed by atoms with Gasteiger partial charge in [-0.3, -0.25) is 9.59 Å². The summed E-state index contributed by atoms with van der Waals surface area (Å²) in [5, 5.41) is 12.1. The molecule has 0 aliphatic carbocycles. The molecule has 2 atom stereocenters. The first-order valence-corrected chi connectivity index (χ1v) is 6.31. The molecule has 0 saturated carbocycles. The van der Waals surface area contributed by atoms with E-state index in [0.29, 0.717) is 6.54 Å². The van der Waals surface area contributed by atoms with Crippen molar-refractivity contribution in [3.05, 3.63) is 0 Å². The van der Waals surface area contributed by atoms with Crippen LogP contribution in [0.5, 0.6) is 0 Å². The predicted octanol–water partition coefficient (Wildman–Crippen LogP) is 0.594. The molecule has 2 fully saturated rings. The van der Waals surface area contributed by atoms with Crippen molar-refractivity contribution in [3.8, 4) is 0 Å². The van der Waals surface area contributed by atoms with E-state index in [2.05, 4.69) is 5.32 Å². The molecule has 96 valence electrons. The van der Waals surface area contributed by atoms with Crippen molar-refractivity contribution in [1.82, 2.24) is 10.2 Å². The Kier molecular flexibility index (Phi) is 3.38. The maximum atomic E-state index is 12.4. The molecule has 2 unspecified atom stereocenters. The van der Waals surface area contributed by atoms with Crippen LogP contribution in [0.3, 0.4) is 0 Å². The highest BCUT2D eigenvalue weighted by Crippen LogP contribution is 2.27. The van der Waals surface area contributed by atoms with Crippen LogP contribution in [0.2, 0.25) is 0 Å². The first-order valence-electron chi connectivity index (χ1n) is 6.31. The Hall–Kier alpha value is -1.10. The molecule has 2 heterocycles. The van der Waals surface area contributed by atoms with Crippen LogP contribution >= 0.6 is 0 Å². The molecule has 5 nitrogen and oxygen atoms in total. The van der Waals surface area contributed by atoms with Gasteiger partial charge in [0.25, 0.3) is 0 Å². The average molecular weight is 240 g/mol. The van der Waals surface area contributed by atoms with Gasteiger partial charge in [0.15, 0.2) is 0 Å². The van der Waals surface area contributed by atoms with Gasteiger partial charge in [-0.1, -0.05) is 0 Å². The zero-order valence-electron chi connectivity index (χ0n) is 10.2. The molecule has 2 rings (SSSR count). The van der Waals surface area contributed by atoms with Crippen LogP contribution in [0.25, 0.3) is 0 Å². The highest BCUT2D eigenvalue weighted by atomic mass is 16.4. The summed E-state index contributed by atoms with van der Waals surface area (Å²) in [4.78, 5) is 25.0. The van der Waals surface area contributed by atoms with E-state index in [9.17, 15) is 9.59 Å². The second-order valence-electron chi connectivity index (χ2n) is 5.25. The number of carbonyl (C=O) groups is 2. The molecule has 0 aromatic carbocycles. The monoisotopic (exact) mass is 240 g/mol. The van der Waals surface area contributed by atoms with Crippen molar-refractivity contribution in [2.75, 3.05) is 13.1 Å². The van der Waals surface area contributed by atoms with Gasteiger partial charge in [0.1, 0.15) is 0 Å². The van der Waals surface area contributed by atoms with Crippen molar-refractivity contribution in [3.63, 3.8) is 0 Å². The van der Waals surface area contributed by atoms with Crippen LogP contribution in [0.15, 0.2) is 0 Å². The lowest BCUT2D eigenvalue weighted by molar-refractivity contribution is -0.142. The molecule has 0 bridgehead atoms. The summed E-state index contributed by atoms with van der Waals surface area (Å²) in [6, 6.07) is -0.112. The van der Waals surface area contributed by atoms with Crippen LogP contribution in [0.4, 0.5) is 0 Å². The number of aliphatic carboxylic acids is 1. The zero-order valence-corrected chi connectivity index (χ0v) is 10.2. The third kappa shape index (κ3) is 2.44. The maximum Gasteiger partial charge on any atom is 0.305 e. The second-order valence-corrected chi connectivity index (χ2v) is 5.25. The van der Waals surface area contributed by atoms with Gasteiger partial charge >= 0.3 is 5.97 Å². The molecule has 0 radical (unpaired) electrons. The van der Waals surface area contributed by atoms with Gasteiger partial charge in [0.05, 0.1) is 12.0 Å². The fourth-order valence-corrected chi connectivity index (χ4v) is 2.91. The average Bonchev–Trinajstić information content (AvgIpc) is 2.86. The molecule has 17 heavy (non-hydrogen) atoms. The fraction of sp³-hybridized carbons (Fsp3) is 0.833. The standard InChI is InChI=1S/C12H20N2O3/c1-12(5-3-6-13-12)11(17)14-7-2-4-9(14)8-10(15)16/h9,13H,2-8H2,1H3,(H,15,16). The van der Waals surface area contributed by atoms with E-state index in [1.165, 1.54) is 0 Å². The molecule has 0 aromatic rings. The molecular formula is C12H20N2O3. The summed E-state index contributed by atoms with van der Waals surface area (Å²) in [6.45, 7) is 3.51. The summed E-state index contributed by atoms with van der Waals surface area (Å²) >= 11 is 0. The third-order valence-electron chi connectivity index (χ3n) is 3.89. The van der Waals surface area contributed by atoms with Crippen LogP contribution in [0, 0.1) is 0 Å². The number of nitrogens with one attached hydrogen (secondary N) is 1. The molecule has 2 aliphatic rings. The zero-order chi connectivity index (χ0) is 12.5. The number of carboxylic acid groups (broad SMARTS) is 1. The molecular weight excluding hydrogens is 220 g/mol. The molecule has 0 aromatic heterocycles. The quantitative estimate of drug-likeness (QED) is 0.757. The third-order valence-corrected chi connectivity index (χ3v) is 3.89. The van der Waals surface area contributed by atoms with Crippen molar-refractivity contribution in [2.45, 2.75) is 50.6 Å². The van der Waals surface area contributed by atoms with E-state index in [4.69, 9.17) is 5.11 Å². The van der Waals surface area contributed by atoms with Gasteiger partial charge in [-0.15, -0.1) is 0 Å². The molecule has 2 aliphatic heterocycles. The fourth-order valence-electron chi connectivity index (χ4n) is 2.91. The number of nitrogens with zero attached hydrogens (tertiary/aromatic N) is 1. The first-order chi connectivity index (χ1) is 8.03. The van der Waals surface area contributed by atoms with E-state index in [0.717, 1.165) is 32.2 Å². The largest absolute Gasteiger partial charge is 0.481 e. The number of amides is 1. The minimum absolute atomic E-state index is 0.0713. The number of hydrogen-bond donors (Lipinski definition) is 2. The number of hydrogen-bond acceptors (Lipinski definition) is 3. The molecule has 5 heteroatoms. The minimum atomic E-state index is -0.820. The maximum absolute atomic E-state index is 12.4. The Morgan fingerprint density at radius 3 is 2.82 bits per heavy atom. The lowest BCUT2D eigenvalue weighted by Crippen LogP contribution is -2.54. The van der Waals surface area contributed by atoms with Crippen LogP contribution in [-0.4, -0.2) is 46.6 Å². The Balaban J connectivity index is 2.05. The number of likely N-dealkylation sites (tertiary alicyclic amines) is 1. The van der Waals surface area contributed by atoms with Crippen LogP contribution in [0.1, 0.15) is 39.0 Å². The van der Waals surface area contributed by atoms with Crippen molar-refractivity contribution < 1.29 is 14.7 Å². The normalized spacial score (nSPS) is 33.0. The van der Waals surface area contributed by atoms with Crippen LogP contribution in [-0.2, 0) is 9.59 Å². The van der Waals surface area contributed by atoms with E-state index < -0.39 is 11.5 Å². The van der Waals surface area contributed by atoms with Crippen molar-refractivity contribution in [2.24, 2.45) is 0 Å². The van der Waals surface area contributed by atoms with E-state index in [-0.39, 0.29) is 18.4 Å². The van der Waals surface area contributed by atoms with Gasteiger partial charge < -0.3 is 15.3 Å². The molecule has 2 saturated heterocycles.